The minimum Gasteiger partial charge on any atom is -0.442 e. The molecule has 0 spiro atoms. The molecule has 0 radical (unpaired) electrons. The molecule has 0 N–H and O–H groups in total. The number of halogens is 1. The molecule has 0 saturated carbocycles. The van der Waals surface area contributed by atoms with Crippen LogP contribution in [0.3, 0.4) is 0 Å². The number of furan rings is 1. The second-order valence-electron chi connectivity index (χ2n) is 3.24. The molecule has 4 nitrogen and oxygen atoms in total. The van der Waals surface area contributed by atoms with E-state index in [0.717, 1.165) is 0 Å². The van der Waals surface area contributed by atoms with Gasteiger partial charge in [0.15, 0.2) is 12.0 Å². The number of rotatable bonds is 3. The summed E-state index contributed by atoms with van der Waals surface area (Å²) in [5.41, 5.74) is 0. The van der Waals surface area contributed by atoms with Crippen LogP contribution in [0.5, 0.6) is 0 Å². The van der Waals surface area contributed by atoms with Crippen LogP contribution in [-0.2, 0) is 9.84 Å². The minimum absolute atomic E-state index is 0.0152. The number of carbonyl (C=O) groups is 1. The van der Waals surface area contributed by atoms with Crippen LogP contribution < -0.4 is 0 Å². The summed E-state index contributed by atoms with van der Waals surface area (Å²) in [6.07, 6.45) is 0.458. The van der Waals surface area contributed by atoms with Gasteiger partial charge in [0.1, 0.15) is 0 Å². The second kappa shape index (κ2) is 4.46. The third-order valence-electron chi connectivity index (χ3n) is 2.09. The first-order valence-corrected chi connectivity index (χ1v) is 6.87. The lowest BCUT2D eigenvalue weighted by atomic mass is 10.4. The Balaban J connectivity index is 2.53. The fraction of sp³-hybridized carbons (Fsp3) is 0. The third kappa shape index (κ3) is 2.32. The zero-order valence-electron chi connectivity index (χ0n) is 8.46. The van der Waals surface area contributed by atoms with E-state index in [9.17, 15) is 13.2 Å². The highest BCUT2D eigenvalue weighted by atomic mass is 79.9. The van der Waals surface area contributed by atoms with Gasteiger partial charge >= 0.3 is 0 Å². The molecule has 0 amide bonds. The van der Waals surface area contributed by atoms with Crippen molar-refractivity contribution in [1.29, 1.82) is 0 Å². The second-order valence-corrected chi connectivity index (χ2v) is 6.03. The van der Waals surface area contributed by atoms with Gasteiger partial charge in [0, 0.05) is 4.47 Å². The average Bonchev–Trinajstić information content (AvgIpc) is 2.78. The Morgan fingerprint density at radius 2 is 1.94 bits per heavy atom. The normalized spacial score (nSPS) is 11.4. The standard InChI is InChI=1S/C11H7BrO4S/c12-8-2-1-3-10(6-8)17(14,15)11-5-4-9(7-13)16-11/h1-7H. The van der Waals surface area contributed by atoms with Crippen LogP contribution in [0.2, 0.25) is 0 Å². The Bertz CT molecular complexity index is 658. The van der Waals surface area contributed by atoms with Crippen molar-refractivity contribution in [2.75, 3.05) is 0 Å². The summed E-state index contributed by atoms with van der Waals surface area (Å²) in [5.74, 6) is -0.0152. The zero-order chi connectivity index (χ0) is 12.5. The largest absolute Gasteiger partial charge is 0.442 e. The highest BCUT2D eigenvalue weighted by Crippen LogP contribution is 2.24. The van der Waals surface area contributed by atoms with Crippen LogP contribution in [0.15, 0.2) is 55.3 Å². The van der Waals surface area contributed by atoms with Gasteiger partial charge in [-0.25, -0.2) is 8.42 Å². The third-order valence-corrected chi connectivity index (χ3v) is 4.21. The molecule has 0 fully saturated rings. The lowest BCUT2D eigenvalue weighted by Crippen LogP contribution is -2.00. The van der Waals surface area contributed by atoms with E-state index in [0.29, 0.717) is 10.8 Å². The predicted octanol–water partition coefficient (Wildman–Crippen LogP) is 2.69. The van der Waals surface area contributed by atoms with Gasteiger partial charge < -0.3 is 4.42 Å². The van der Waals surface area contributed by atoms with Crippen LogP contribution >= 0.6 is 15.9 Å². The van der Waals surface area contributed by atoms with Crippen molar-refractivity contribution in [1.82, 2.24) is 0 Å². The fourth-order valence-corrected chi connectivity index (χ4v) is 3.07. The van der Waals surface area contributed by atoms with Gasteiger partial charge in [-0.1, -0.05) is 22.0 Å². The van der Waals surface area contributed by atoms with Crippen LogP contribution in [0.1, 0.15) is 10.6 Å². The smallest absolute Gasteiger partial charge is 0.239 e. The van der Waals surface area contributed by atoms with E-state index in [2.05, 4.69) is 15.9 Å². The summed E-state index contributed by atoms with van der Waals surface area (Å²) < 4.78 is 29.7. The maximum absolute atomic E-state index is 12.1. The number of carbonyl (C=O) groups excluding carboxylic acids is 1. The minimum atomic E-state index is -3.71. The molecule has 0 atom stereocenters. The summed E-state index contributed by atoms with van der Waals surface area (Å²) in [4.78, 5) is 10.6. The molecule has 0 saturated heterocycles. The Morgan fingerprint density at radius 3 is 2.53 bits per heavy atom. The molecular formula is C11H7BrO4S. The number of sulfone groups is 1. The topological polar surface area (TPSA) is 64.3 Å². The van der Waals surface area contributed by atoms with Crippen molar-refractivity contribution < 1.29 is 17.6 Å². The van der Waals surface area contributed by atoms with Gasteiger partial charge in [-0.3, -0.25) is 4.79 Å². The first-order chi connectivity index (χ1) is 8.04. The van der Waals surface area contributed by atoms with Gasteiger partial charge in [0.05, 0.1) is 4.90 Å². The van der Waals surface area contributed by atoms with Crippen molar-refractivity contribution in [3.63, 3.8) is 0 Å². The number of hydrogen-bond donors (Lipinski definition) is 0. The molecule has 17 heavy (non-hydrogen) atoms. The summed E-state index contributed by atoms with van der Waals surface area (Å²) in [5, 5.41) is -0.238. The first-order valence-electron chi connectivity index (χ1n) is 4.60. The Kier molecular flexibility index (Phi) is 3.17. The molecule has 0 bridgehead atoms. The van der Waals surface area contributed by atoms with Gasteiger partial charge in [0.25, 0.3) is 0 Å². The van der Waals surface area contributed by atoms with Crippen LogP contribution in [-0.4, -0.2) is 14.7 Å². The maximum Gasteiger partial charge on any atom is 0.239 e. The fourth-order valence-electron chi connectivity index (χ4n) is 1.29. The van der Waals surface area contributed by atoms with E-state index in [-0.39, 0.29) is 15.7 Å². The molecule has 6 heteroatoms. The summed E-state index contributed by atoms with van der Waals surface area (Å²) in [7, 11) is -3.71. The lowest BCUT2D eigenvalue weighted by molar-refractivity contribution is 0.109. The van der Waals surface area contributed by atoms with Crippen molar-refractivity contribution in [3.05, 3.63) is 46.6 Å². The summed E-state index contributed by atoms with van der Waals surface area (Å²) in [6.45, 7) is 0. The molecule has 0 aliphatic rings. The van der Waals surface area contributed by atoms with Crippen molar-refractivity contribution in [2.24, 2.45) is 0 Å². The molecular weight excluding hydrogens is 308 g/mol. The molecule has 0 aliphatic heterocycles. The number of benzene rings is 1. The molecule has 1 aromatic carbocycles. The van der Waals surface area contributed by atoms with E-state index in [4.69, 9.17) is 4.42 Å². The average molecular weight is 315 g/mol. The van der Waals surface area contributed by atoms with Crippen molar-refractivity contribution in [3.8, 4) is 0 Å². The number of hydrogen-bond acceptors (Lipinski definition) is 4. The van der Waals surface area contributed by atoms with Crippen LogP contribution in [0.4, 0.5) is 0 Å². The molecule has 88 valence electrons. The van der Waals surface area contributed by atoms with Crippen LogP contribution in [0.25, 0.3) is 0 Å². The van der Waals surface area contributed by atoms with E-state index in [1.54, 1.807) is 12.1 Å². The monoisotopic (exact) mass is 314 g/mol. The molecule has 1 aromatic heterocycles. The molecule has 0 unspecified atom stereocenters. The van der Waals surface area contributed by atoms with E-state index < -0.39 is 9.84 Å². The number of aldehydes is 1. The Morgan fingerprint density at radius 1 is 1.18 bits per heavy atom. The predicted molar refractivity (Wildman–Crippen MR) is 63.7 cm³/mol. The van der Waals surface area contributed by atoms with Gasteiger partial charge in [0.2, 0.25) is 14.9 Å². The van der Waals surface area contributed by atoms with Crippen molar-refractivity contribution >= 4 is 32.1 Å². The highest BCUT2D eigenvalue weighted by molar-refractivity contribution is 9.10. The van der Waals surface area contributed by atoms with Crippen molar-refractivity contribution in [2.45, 2.75) is 9.99 Å². The van der Waals surface area contributed by atoms with E-state index in [1.807, 2.05) is 0 Å². The van der Waals surface area contributed by atoms with Gasteiger partial charge in [-0.2, -0.15) is 0 Å². The van der Waals surface area contributed by atoms with E-state index >= 15 is 0 Å². The summed E-state index contributed by atoms with van der Waals surface area (Å²) >= 11 is 3.19. The maximum atomic E-state index is 12.1. The Labute approximate surface area is 106 Å². The molecule has 2 rings (SSSR count). The van der Waals surface area contributed by atoms with E-state index in [1.165, 1.54) is 24.3 Å². The SMILES string of the molecule is O=Cc1ccc(S(=O)(=O)c2cccc(Br)c2)o1. The molecule has 1 heterocycles. The highest BCUT2D eigenvalue weighted by Gasteiger charge is 2.21. The van der Waals surface area contributed by atoms with Gasteiger partial charge in [-0.05, 0) is 30.3 Å². The summed E-state index contributed by atoms with van der Waals surface area (Å²) in [6, 6.07) is 8.85. The molecule has 2 aromatic rings. The quantitative estimate of drug-likeness (QED) is 0.817. The van der Waals surface area contributed by atoms with Crippen LogP contribution in [0, 0.1) is 0 Å². The first kappa shape index (κ1) is 12.1. The Hall–Kier alpha value is -1.40. The lowest BCUT2D eigenvalue weighted by Gasteiger charge is -2.01. The molecule has 0 aliphatic carbocycles. The zero-order valence-corrected chi connectivity index (χ0v) is 10.9. The van der Waals surface area contributed by atoms with Gasteiger partial charge in [-0.15, -0.1) is 0 Å².